The van der Waals surface area contributed by atoms with Crippen molar-refractivity contribution in [2.45, 2.75) is 291 Å². The molecule has 0 radical (unpaired) electrons. The third-order valence-electron chi connectivity index (χ3n) is 12.8. The third kappa shape index (κ3) is 51.3. The van der Waals surface area contributed by atoms with Gasteiger partial charge in [0.15, 0.2) is 12.2 Å². The van der Waals surface area contributed by atoms with Gasteiger partial charge in [0.2, 0.25) is 0 Å². The highest BCUT2D eigenvalue weighted by Gasteiger charge is 2.30. The normalized spacial score (nSPS) is 14.5. The number of carbonyl (C=O) groups excluding carboxylic acids is 4. The van der Waals surface area contributed by atoms with Gasteiger partial charge in [-0.1, -0.05) is 221 Å². The number of aliphatic hydroxyl groups is 1. The van der Waals surface area contributed by atoms with E-state index in [1.807, 2.05) is 0 Å². The summed E-state index contributed by atoms with van der Waals surface area (Å²) >= 11 is 0. The molecule has 0 spiro atoms. The van der Waals surface area contributed by atoms with Crippen LogP contribution < -0.4 is 0 Å². The van der Waals surface area contributed by atoms with E-state index in [0.29, 0.717) is 31.6 Å². The molecule has 3 N–H and O–H groups in total. The fraction of sp³-hybridized carbons (Fsp3) is 0.929. The first-order valence-electron chi connectivity index (χ1n) is 29.6. The van der Waals surface area contributed by atoms with Crippen molar-refractivity contribution < 1.29 is 80.2 Å². The van der Waals surface area contributed by atoms with Gasteiger partial charge < -0.3 is 33.8 Å². The first-order valence-corrected chi connectivity index (χ1v) is 32.6. The molecule has 0 saturated heterocycles. The first-order chi connectivity index (χ1) is 36.0. The zero-order valence-electron chi connectivity index (χ0n) is 47.7. The summed E-state index contributed by atoms with van der Waals surface area (Å²) in [5.41, 5.74) is 0. The van der Waals surface area contributed by atoms with Crippen LogP contribution in [0.4, 0.5) is 0 Å². The molecule has 444 valence electrons. The van der Waals surface area contributed by atoms with Gasteiger partial charge in [-0.3, -0.25) is 37.3 Å². The Morgan fingerprint density at radius 2 is 0.613 bits per heavy atom. The Balaban J connectivity index is 5.20. The van der Waals surface area contributed by atoms with E-state index in [-0.39, 0.29) is 25.7 Å². The Hall–Kier alpha value is -1.94. The summed E-state index contributed by atoms with van der Waals surface area (Å²) in [6, 6.07) is 0. The average Bonchev–Trinajstić information content (AvgIpc) is 3.37. The van der Waals surface area contributed by atoms with E-state index in [1.54, 1.807) is 0 Å². The smallest absolute Gasteiger partial charge is 0.462 e. The number of hydrogen-bond acceptors (Lipinski definition) is 15. The Kier molecular flexibility index (Phi) is 49.0. The van der Waals surface area contributed by atoms with Crippen LogP contribution in [-0.4, -0.2) is 96.7 Å². The monoisotopic (exact) mass is 1110 g/mol. The minimum atomic E-state index is -4.93. The van der Waals surface area contributed by atoms with Gasteiger partial charge in [-0.05, 0) is 31.6 Å². The number of phosphoric ester groups is 2. The third-order valence-corrected chi connectivity index (χ3v) is 14.7. The predicted molar refractivity (Wildman–Crippen MR) is 294 cm³/mol. The van der Waals surface area contributed by atoms with Crippen LogP contribution in [0.3, 0.4) is 0 Å². The second-order valence-electron chi connectivity index (χ2n) is 20.8. The zero-order chi connectivity index (χ0) is 55.7. The number of phosphoric acid groups is 2. The van der Waals surface area contributed by atoms with Crippen LogP contribution in [0.25, 0.3) is 0 Å². The summed E-state index contributed by atoms with van der Waals surface area (Å²) in [6.45, 7) is 6.99. The van der Waals surface area contributed by atoms with Crippen molar-refractivity contribution in [3.63, 3.8) is 0 Å². The highest BCUT2D eigenvalue weighted by Crippen LogP contribution is 2.45. The molecule has 0 aromatic rings. The second kappa shape index (κ2) is 50.3. The summed E-state index contributed by atoms with van der Waals surface area (Å²) in [4.78, 5) is 71.6. The van der Waals surface area contributed by atoms with Crippen LogP contribution in [0.1, 0.15) is 272 Å². The van der Waals surface area contributed by atoms with Gasteiger partial charge in [0.25, 0.3) is 0 Å². The Bertz CT molecular complexity index is 1480. The number of rotatable bonds is 56. The standard InChI is InChI=1S/C56H108O17P2/c1-6-9-12-15-18-20-21-26-30-35-40-54(59)67-46-52(73-56(61)42-37-32-27-22-24-28-33-38-49(4)5)48-71-75(64,65)69-44-50(57)43-68-74(62,63)70-47-51(45-66-53(58)39-34-29-23-17-14-11-8-3)72-55(60)41-36-31-25-19-16-13-10-7-2/h49-52,57H,6-48H2,1-5H3,(H,62,63)(H,64,65)/t50-,51+,52+/m0/s1. The van der Waals surface area contributed by atoms with Crippen molar-refractivity contribution in [2.24, 2.45) is 5.92 Å². The van der Waals surface area contributed by atoms with Crippen molar-refractivity contribution in [2.75, 3.05) is 39.6 Å². The van der Waals surface area contributed by atoms with Gasteiger partial charge in [0.05, 0.1) is 26.4 Å². The summed E-state index contributed by atoms with van der Waals surface area (Å²) in [7, 11) is -9.86. The van der Waals surface area contributed by atoms with Crippen LogP contribution >= 0.6 is 15.6 Å². The van der Waals surface area contributed by atoms with Gasteiger partial charge in [-0.2, -0.15) is 0 Å². The molecule has 0 rings (SSSR count). The molecule has 0 aromatic heterocycles. The van der Waals surface area contributed by atoms with Crippen LogP contribution in [0.15, 0.2) is 0 Å². The van der Waals surface area contributed by atoms with Crippen molar-refractivity contribution in [1.29, 1.82) is 0 Å². The van der Waals surface area contributed by atoms with Gasteiger partial charge in [-0.25, -0.2) is 9.13 Å². The molecular weight excluding hydrogens is 1010 g/mol. The molecule has 0 bridgehead atoms. The molecule has 0 amide bonds. The molecule has 0 aliphatic rings. The number of esters is 4. The molecule has 2 unspecified atom stereocenters. The van der Waals surface area contributed by atoms with Crippen molar-refractivity contribution in [3.8, 4) is 0 Å². The second-order valence-corrected chi connectivity index (χ2v) is 23.7. The minimum Gasteiger partial charge on any atom is -0.462 e. The van der Waals surface area contributed by atoms with Crippen molar-refractivity contribution >= 4 is 39.5 Å². The Morgan fingerprint density at radius 3 is 0.907 bits per heavy atom. The first kappa shape index (κ1) is 73.1. The maximum absolute atomic E-state index is 12.9. The summed E-state index contributed by atoms with van der Waals surface area (Å²) in [6.07, 6.45) is 30.9. The fourth-order valence-corrected chi connectivity index (χ4v) is 9.75. The van der Waals surface area contributed by atoms with E-state index in [4.69, 9.17) is 37.0 Å². The van der Waals surface area contributed by atoms with E-state index in [2.05, 4.69) is 34.6 Å². The lowest BCUT2D eigenvalue weighted by Gasteiger charge is -2.21. The largest absolute Gasteiger partial charge is 0.472 e. The molecular formula is C56H108O17P2. The van der Waals surface area contributed by atoms with Gasteiger partial charge in [-0.15, -0.1) is 0 Å². The number of unbranched alkanes of at least 4 members (excludes halogenated alkanes) is 28. The van der Waals surface area contributed by atoms with Crippen LogP contribution in [0, 0.1) is 5.92 Å². The molecule has 0 heterocycles. The maximum Gasteiger partial charge on any atom is 0.472 e. The predicted octanol–water partition coefficient (Wildman–Crippen LogP) is 14.7. The lowest BCUT2D eigenvalue weighted by Crippen LogP contribution is -2.30. The van der Waals surface area contributed by atoms with E-state index in [1.165, 1.54) is 77.0 Å². The number of aliphatic hydroxyl groups excluding tert-OH is 1. The van der Waals surface area contributed by atoms with E-state index < -0.39 is 97.5 Å². The minimum absolute atomic E-state index is 0.103. The Labute approximate surface area is 454 Å². The van der Waals surface area contributed by atoms with Crippen molar-refractivity contribution in [1.82, 2.24) is 0 Å². The molecule has 0 fully saturated rings. The van der Waals surface area contributed by atoms with Crippen LogP contribution in [0.2, 0.25) is 0 Å². The van der Waals surface area contributed by atoms with E-state index in [0.717, 1.165) is 109 Å². The highest BCUT2D eigenvalue weighted by molar-refractivity contribution is 7.47. The molecule has 0 saturated carbocycles. The number of carbonyl (C=O) groups is 4. The molecule has 19 heteroatoms. The topological polar surface area (TPSA) is 237 Å². The van der Waals surface area contributed by atoms with E-state index in [9.17, 15) is 43.2 Å². The van der Waals surface area contributed by atoms with Crippen molar-refractivity contribution in [3.05, 3.63) is 0 Å². The molecule has 75 heavy (non-hydrogen) atoms. The maximum atomic E-state index is 12.9. The number of ether oxygens (including phenoxy) is 4. The SMILES string of the molecule is CCCCCCCCCCCCC(=O)OC[C@H](COP(=O)(O)OC[C@@H](O)COP(=O)(O)OC[C@@H](COC(=O)CCCCCCCCC)OC(=O)CCCCCCCCCC)OC(=O)CCCCCCCCCC(C)C. The van der Waals surface area contributed by atoms with Gasteiger partial charge >= 0.3 is 39.5 Å². The highest BCUT2D eigenvalue weighted by atomic mass is 31.2. The summed E-state index contributed by atoms with van der Waals surface area (Å²) in [5, 5.41) is 10.5. The lowest BCUT2D eigenvalue weighted by molar-refractivity contribution is -0.161. The average molecular weight is 1120 g/mol. The van der Waals surface area contributed by atoms with E-state index >= 15 is 0 Å². The lowest BCUT2D eigenvalue weighted by atomic mass is 10.0. The molecule has 0 aromatic carbocycles. The van der Waals surface area contributed by atoms with Crippen LogP contribution in [-0.2, 0) is 65.4 Å². The number of hydrogen-bond donors (Lipinski definition) is 3. The fourth-order valence-electron chi connectivity index (χ4n) is 8.17. The molecule has 17 nitrogen and oxygen atoms in total. The van der Waals surface area contributed by atoms with Crippen LogP contribution in [0.5, 0.6) is 0 Å². The zero-order valence-corrected chi connectivity index (χ0v) is 49.5. The van der Waals surface area contributed by atoms with Gasteiger partial charge in [0.1, 0.15) is 19.3 Å². The summed E-state index contributed by atoms with van der Waals surface area (Å²) in [5.74, 6) is -1.46. The molecule has 0 aliphatic carbocycles. The van der Waals surface area contributed by atoms with Gasteiger partial charge in [0, 0.05) is 25.7 Å². The molecule has 5 atom stereocenters. The summed E-state index contributed by atoms with van der Waals surface area (Å²) < 4.78 is 67.5. The Morgan fingerprint density at radius 1 is 0.360 bits per heavy atom. The quantitative estimate of drug-likeness (QED) is 0.0222. The molecule has 0 aliphatic heterocycles.